The maximum atomic E-state index is 12.2. The van der Waals surface area contributed by atoms with Gasteiger partial charge in [-0.2, -0.15) is 0 Å². The molecule has 1 N–H and O–H groups in total. The maximum absolute atomic E-state index is 12.2. The number of furan rings is 1. The molecular formula is C15H17N7O2. The van der Waals surface area contributed by atoms with E-state index in [1.807, 2.05) is 17.9 Å². The van der Waals surface area contributed by atoms with Gasteiger partial charge in [0.25, 0.3) is 0 Å². The van der Waals surface area contributed by atoms with Crippen molar-refractivity contribution >= 4 is 22.9 Å². The molecule has 0 spiro atoms. The molecule has 0 radical (unpaired) electrons. The third kappa shape index (κ3) is 2.47. The summed E-state index contributed by atoms with van der Waals surface area (Å²) in [4.78, 5) is 22.7. The minimum Gasteiger partial charge on any atom is -0.467 e. The van der Waals surface area contributed by atoms with Gasteiger partial charge in [0.1, 0.15) is 12.1 Å². The standard InChI is InChI=1S/C15H17N7O2/c1-2-22-14-12(19-20-22)13(17-9-18-14)21-7-10(8-21)15(23)16-6-11-4-3-5-24-11/h3-5,9-10H,2,6-8H2,1H3,(H,16,23). The van der Waals surface area contributed by atoms with Gasteiger partial charge in [0.05, 0.1) is 18.7 Å². The van der Waals surface area contributed by atoms with Crippen LogP contribution in [0.3, 0.4) is 0 Å². The van der Waals surface area contributed by atoms with Crippen molar-refractivity contribution in [1.82, 2.24) is 30.3 Å². The fourth-order valence-corrected chi connectivity index (χ4v) is 2.77. The lowest BCUT2D eigenvalue weighted by Crippen LogP contribution is -2.54. The van der Waals surface area contributed by atoms with Gasteiger partial charge in [-0.1, -0.05) is 5.21 Å². The first-order valence-electron chi connectivity index (χ1n) is 7.85. The van der Waals surface area contributed by atoms with Crippen LogP contribution >= 0.6 is 0 Å². The van der Waals surface area contributed by atoms with Crippen molar-refractivity contribution in [2.45, 2.75) is 20.0 Å². The third-order valence-corrected chi connectivity index (χ3v) is 4.15. The van der Waals surface area contributed by atoms with Gasteiger partial charge >= 0.3 is 0 Å². The first-order valence-corrected chi connectivity index (χ1v) is 7.85. The predicted octanol–water partition coefficient (Wildman–Crippen LogP) is 0.587. The van der Waals surface area contributed by atoms with Crippen molar-refractivity contribution in [3.8, 4) is 0 Å². The van der Waals surface area contributed by atoms with Crippen LogP contribution in [0.25, 0.3) is 11.2 Å². The molecule has 1 fully saturated rings. The first-order chi connectivity index (χ1) is 11.8. The highest BCUT2D eigenvalue weighted by atomic mass is 16.3. The van der Waals surface area contributed by atoms with Gasteiger partial charge in [-0.15, -0.1) is 5.10 Å². The summed E-state index contributed by atoms with van der Waals surface area (Å²) in [6.45, 7) is 4.30. The molecule has 3 aromatic rings. The van der Waals surface area contributed by atoms with Crippen LogP contribution in [0.2, 0.25) is 0 Å². The number of nitrogens with zero attached hydrogens (tertiary/aromatic N) is 6. The topological polar surface area (TPSA) is 102 Å². The number of carbonyl (C=O) groups excluding carboxylic acids is 1. The maximum Gasteiger partial charge on any atom is 0.227 e. The molecule has 0 saturated carbocycles. The van der Waals surface area contributed by atoms with E-state index in [4.69, 9.17) is 4.42 Å². The zero-order valence-electron chi connectivity index (χ0n) is 13.2. The lowest BCUT2D eigenvalue weighted by atomic mass is 9.99. The van der Waals surface area contributed by atoms with E-state index in [2.05, 4.69) is 25.6 Å². The second-order valence-electron chi connectivity index (χ2n) is 5.67. The Morgan fingerprint density at radius 3 is 3.04 bits per heavy atom. The molecule has 0 bridgehead atoms. The smallest absolute Gasteiger partial charge is 0.227 e. The Balaban J connectivity index is 1.40. The molecular weight excluding hydrogens is 310 g/mol. The van der Waals surface area contributed by atoms with Gasteiger partial charge in [-0.3, -0.25) is 4.79 Å². The highest BCUT2D eigenvalue weighted by Gasteiger charge is 2.35. The van der Waals surface area contributed by atoms with Gasteiger partial charge < -0.3 is 14.6 Å². The lowest BCUT2D eigenvalue weighted by molar-refractivity contribution is -0.126. The number of hydrogen-bond acceptors (Lipinski definition) is 7. The number of rotatable bonds is 5. The van der Waals surface area contributed by atoms with E-state index in [1.54, 1.807) is 17.0 Å². The van der Waals surface area contributed by atoms with E-state index in [0.717, 1.165) is 11.6 Å². The van der Waals surface area contributed by atoms with E-state index < -0.39 is 0 Å². The molecule has 0 unspecified atom stereocenters. The molecule has 1 amide bonds. The average Bonchev–Trinajstić information content (AvgIpc) is 3.21. The number of aryl methyl sites for hydroxylation is 1. The van der Waals surface area contributed by atoms with Crippen molar-refractivity contribution in [3.05, 3.63) is 30.5 Å². The summed E-state index contributed by atoms with van der Waals surface area (Å²) < 4.78 is 6.94. The monoisotopic (exact) mass is 327 g/mol. The number of aromatic nitrogens is 5. The second kappa shape index (κ2) is 5.91. The van der Waals surface area contributed by atoms with E-state index in [9.17, 15) is 4.79 Å². The normalized spacial score (nSPS) is 14.8. The molecule has 9 nitrogen and oxygen atoms in total. The molecule has 0 atom stereocenters. The van der Waals surface area contributed by atoms with Crippen molar-refractivity contribution < 1.29 is 9.21 Å². The molecule has 4 rings (SSSR count). The molecule has 124 valence electrons. The fraction of sp³-hybridized carbons (Fsp3) is 0.400. The predicted molar refractivity (Wildman–Crippen MR) is 85.0 cm³/mol. The summed E-state index contributed by atoms with van der Waals surface area (Å²) in [6, 6.07) is 3.64. The Hall–Kier alpha value is -2.97. The SMILES string of the molecule is CCn1nnc2c(N3CC(C(=O)NCc4ccco4)C3)ncnc21. The van der Waals surface area contributed by atoms with Crippen molar-refractivity contribution in [2.75, 3.05) is 18.0 Å². The van der Waals surface area contributed by atoms with Gasteiger partial charge in [-0.05, 0) is 19.1 Å². The molecule has 4 heterocycles. The van der Waals surface area contributed by atoms with Crippen LogP contribution in [0.4, 0.5) is 5.82 Å². The van der Waals surface area contributed by atoms with E-state index in [-0.39, 0.29) is 11.8 Å². The quantitative estimate of drug-likeness (QED) is 0.731. The second-order valence-corrected chi connectivity index (χ2v) is 5.67. The van der Waals surface area contributed by atoms with Gasteiger partial charge in [-0.25, -0.2) is 14.6 Å². The molecule has 0 aromatic carbocycles. The minimum absolute atomic E-state index is 0.0187. The summed E-state index contributed by atoms with van der Waals surface area (Å²) in [5.41, 5.74) is 1.39. The van der Waals surface area contributed by atoms with Crippen LogP contribution in [0.1, 0.15) is 12.7 Å². The average molecular weight is 327 g/mol. The molecule has 1 aliphatic heterocycles. The van der Waals surface area contributed by atoms with Crippen molar-refractivity contribution in [1.29, 1.82) is 0 Å². The fourth-order valence-electron chi connectivity index (χ4n) is 2.77. The zero-order valence-corrected chi connectivity index (χ0v) is 13.2. The van der Waals surface area contributed by atoms with E-state index in [0.29, 0.717) is 37.3 Å². The third-order valence-electron chi connectivity index (χ3n) is 4.15. The molecule has 1 aliphatic rings. The number of fused-ring (bicyclic) bond motifs is 1. The Morgan fingerprint density at radius 1 is 1.42 bits per heavy atom. The molecule has 9 heteroatoms. The van der Waals surface area contributed by atoms with Gasteiger partial charge in [0, 0.05) is 19.6 Å². The Morgan fingerprint density at radius 2 is 2.29 bits per heavy atom. The number of hydrogen-bond donors (Lipinski definition) is 1. The highest BCUT2D eigenvalue weighted by Crippen LogP contribution is 2.27. The summed E-state index contributed by atoms with van der Waals surface area (Å²) in [5, 5.41) is 11.1. The first kappa shape index (κ1) is 14.6. The highest BCUT2D eigenvalue weighted by molar-refractivity contribution is 5.86. The summed E-state index contributed by atoms with van der Waals surface area (Å²) in [6.07, 6.45) is 3.11. The van der Waals surface area contributed by atoms with Crippen molar-refractivity contribution in [2.24, 2.45) is 5.92 Å². The van der Waals surface area contributed by atoms with Crippen molar-refractivity contribution in [3.63, 3.8) is 0 Å². The van der Waals surface area contributed by atoms with Crippen LogP contribution in [0, 0.1) is 5.92 Å². The Kier molecular flexibility index (Phi) is 3.60. The van der Waals surface area contributed by atoms with Crippen LogP contribution in [-0.2, 0) is 17.9 Å². The minimum atomic E-state index is -0.0637. The number of nitrogens with one attached hydrogen (secondary N) is 1. The number of carbonyl (C=O) groups is 1. The molecule has 1 saturated heterocycles. The molecule has 0 aliphatic carbocycles. The number of amides is 1. The molecule has 24 heavy (non-hydrogen) atoms. The summed E-state index contributed by atoms with van der Waals surface area (Å²) >= 11 is 0. The molecule has 3 aromatic heterocycles. The van der Waals surface area contributed by atoms with E-state index in [1.165, 1.54) is 6.33 Å². The van der Waals surface area contributed by atoms with Crippen LogP contribution in [0.15, 0.2) is 29.1 Å². The lowest BCUT2D eigenvalue weighted by Gasteiger charge is -2.38. The zero-order chi connectivity index (χ0) is 16.5. The van der Waals surface area contributed by atoms with Crippen LogP contribution < -0.4 is 10.2 Å². The van der Waals surface area contributed by atoms with Gasteiger partial charge in [0.2, 0.25) is 5.91 Å². The van der Waals surface area contributed by atoms with Crippen LogP contribution in [0.5, 0.6) is 0 Å². The largest absolute Gasteiger partial charge is 0.467 e. The van der Waals surface area contributed by atoms with Gasteiger partial charge in [0.15, 0.2) is 17.0 Å². The summed E-state index contributed by atoms with van der Waals surface area (Å²) in [5.74, 6) is 1.43. The Bertz CT molecular complexity index is 852. The number of anilines is 1. The summed E-state index contributed by atoms with van der Waals surface area (Å²) in [7, 11) is 0. The van der Waals surface area contributed by atoms with E-state index >= 15 is 0 Å². The Labute approximate surface area is 137 Å². The van der Waals surface area contributed by atoms with Crippen LogP contribution in [-0.4, -0.2) is 44.0 Å².